The predicted octanol–water partition coefficient (Wildman–Crippen LogP) is 4.23. The van der Waals surface area contributed by atoms with Crippen molar-refractivity contribution in [2.45, 2.75) is 33.1 Å². The summed E-state index contributed by atoms with van der Waals surface area (Å²) in [6, 6.07) is 9.93. The van der Waals surface area contributed by atoms with Crippen LogP contribution in [0.1, 0.15) is 33.2 Å². The minimum absolute atomic E-state index is 0.111. The van der Waals surface area contributed by atoms with Gasteiger partial charge in [-0.15, -0.1) is 11.8 Å². The molecule has 0 aliphatic heterocycles. The number of carbonyl (C=O) groups excluding carboxylic acids is 1. The van der Waals surface area contributed by atoms with Crippen molar-refractivity contribution in [3.8, 4) is 11.4 Å². The lowest BCUT2D eigenvalue weighted by Crippen LogP contribution is -2.09. The maximum atomic E-state index is 12.6. The van der Waals surface area contributed by atoms with Crippen molar-refractivity contribution in [2.24, 2.45) is 0 Å². The number of methoxy groups -OCH3 is 1. The van der Waals surface area contributed by atoms with Gasteiger partial charge in [-0.05, 0) is 26.8 Å². The largest absolute Gasteiger partial charge is 0.383 e. The number of aromatic nitrogens is 3. The van der Waals surface area contributed by atoms with Crippen LogP contribution in [-0.4, -0.2) is 40.0 Å². The fourth-order valence-electron chi connectivity index (χ4n) is 3.05. The van der Waals surface area contributed by atoms with Gasteiger partial charge in [-0.1, -0.05) is 35.0 Å². The second-order valence-electron chi connectivity index (χ2n) is 6.72. The molecule has 0 amide bonds. The smallest absolute Gasteiger partial charge is 0.236 e. The summed E-state index contributed by atoms with van der Waals surface area (Å²) in [5.74, 6) is 2.09. The molecule has 7 heteroatoms. The summed E-state index contributed by atoms with van der Waals surface area (Å²) in [5.41, 5.74) is 4.93. The molecule has 0 unspecified atom stereocenters. The topological polar surface area (TPSA) is 70.2 Å². The summed E-state index contributed by atoms with van der Waals surface area (Å²) in [6.45, 7) is 7.40. The van der Waals surface area contributed by atoms with Crippen molar-refractivity contribution in [1.29, 1.82) is 0 Å². The van der Waals surface area contributed by atoms with Gasteiger partial charge in [0.25, 0.3) is 0 Å². The number of nitrogens with zero attached hydrogens (tertiary/aromatic N) is 3. The highest BCUT2D eigenvalue weighted by molar-refractivity contribution is 7.99. The number of hydrogen-bond acceptors (Lipinski definition) is 6. The van der Waals surface area contributed by atoms with E-state index in [1.807, 2.05) is 51.1 Å². The van der Waals surface area contributed by atoms with Crippen LogP contribution in [-0.2, 0) is 17.0 Å². The molecule has 2 heterocycles. The monoisotopic (exact) mass is 399 g/mol. The summed E-state index contributed by atoms with van der Waals surface area (Å²) < 4.78 is 12.6. The van der Waals surface area contributed by atoms with Gasteiger partial charge in [-0.25, -0.2) is 0 Å². The lowest BCUT2D eigenvalue weighted by atomic mass is 10.1. The zero-order chi connectivity index (χ0) is 20.1. The first-order chi connectivity index (χ1) is 13.5. The van der Waals surface area contributed by atoms with Crippen LogP contribution >= 0.6 is 11.8 Å². The van der Waals surface area contributed by atoms with Gasteiger partial charge >= 0.3 is 0 Å². The Labute approximate surface area is 169 Å². The van der Waals surface area contributed by atoms with Crippen molar-refractivity contribution in [3.63, 3.8) is 0 Å². The summed E-state index contributed by atoms with van der Waals surface area (Å²) in [7, 11) is 1.68. The Morgan fingerprint density at radius 1 is 1.21 bits per heavy atom. The van der Waals surface area contributed by atoms with Gasteiger partial charge in [0.15, 0.2) is 5.78 Å². The van der Waals surface area contributed by atoms with Crippen LogP contribution in [0, 0.1) is 20.8 Å². The first-order valence-electron chi connectivity index (χ1n) is 9.16. The van der Waals surface area contributed by atoms with E-state index in [0.29, 0.717) is 29.8 Å². The van der Waals surface area contributed by atoms with Crippen molar-refractivity contribution in [2.75, 3.05) is 19.5 Å². The van der Waals surface area contributed by atoms with Crippen LogP contribution in [0.5, 0.6) is 0 Å². The lowest BCUT2D eigenvalue weighted by Gasteiger charge is -2.08. The molecule has 28 heavy (non-hydrogen) atoms. The second kappa shape index (κ2) is 9.21. The van der Waals surface area contributed by atoms with E-state index >= 15 is 0 Å². The molecule has 2 aromatic heterocycles. The molecular weight excluding hydrogens is 374 g/mol. The number of hydrogen-bond donors (Lipinski definition) is 0. The fourth-order valence-corrected chi connectivity index (χ4v) is 3.79. The molecule has 0 spiro atoms. The van der Waals surface area contributed by atoms with Crippen LogP contribution < -0.4 is 0 Å². The van der Waals surface area contributed by atoms with Gasteiger partial charge in [-0.3, -0.25) is 4.79 Å². The maximum Gasteiger partial charge on any atom is 0.236 e. The number of ether oxygens (including phenoxy) is 1. The summed E-state index contributed by atoms with van der Waals surface area (Å²) >= 11 is 1.48. The molecule has 1 aromatic carbocycles. The third kappa shape index (κ3) is 4.72. The zero-order valence-corrected chi connectivity index (χ0v) is 17.5. The Kier molecular flexibility index (Phi) is 6.70. The number of ketones is 1. The number of carbonyl (C=O) groups is 1. The van der Waals surface area contributed by atoms with Gasteiger partial charge in [0.05, 0.1) is 18.1 Å². The van der Waals surface area contributed by atoms with Crippen LogP contribution in [0.3, 0.4) is 0 Å². The fraction of sp³-hybridized carbons (Fsp3) is 0.381. The minimum atomic E-state index is 0.111. The van der Waals surface area contributed by atoms with Gasteiger partial charge in [0.2, 0.25) is 11.7 Å². The van der Waals surface area contributed by atoms with Gasteiger partial charge in [0.1, 0.15) is 0 Å². The maximum absolute atomic E-state index is 12.6. The van der Waals surface area contributed by atoms with E-state index in [-0.39, 0.29) is 5.78 Å². The van der Waals surface area contributed by atoms with E-state index in [1.165, 1.54) is 17.3 Å². The van der Waals surface area contributed by atoms with E-state index in [4.69, 9.17) is 9.26 Å². The van der Waals surface area contributed by atoms with Gasteiger partial charge < -0.3 is 13.8 Å². The van der Waals surface area contributed by atoms with E-state index in [2.05, 4.69) is 14.7 Å². The molecule has 0 fully saturated rings. The quantitative estimate of drug-likeness (QED) is 0.502. The summed E-state index contributed by atoms with van der Waals surface area (Å²) in [6.07, 6.45) is 0. The third-order valence-corrected chi connectivity index (χ3v) is 5.55. The number of aryl methyl sites for hydroxylation is 2. The predicted molar refractivity (Wildman–Crippen MR) is 111 cm³/mol. The molecule has 148 valence electrons. The van der Waals surface area contributed by atoms with E-state index in [1.54, 1.807) is 7.11 Å². The first kappa shape index (κ1) is 20.4. The molecule has 0 bridgehead atoms. The summed E-state index contributed by atoms with van der Waals surface area (Å²) in [5, 5.41) is 4.03. The Balaban J connectivity index is 1.57. The number of benzene rings is 1. The summed E-state index contributed by atoms with van der Waals surface area (Å²) in [4.78, 5) is 17.0. The normalized spacial score (nSPS) is 11.1. The third-order valence-electron chi connectivity index (χ3n) is 4.63. The van der Waals surface area contributed by atoms with Crippen molar-refractivity contribution >= 4 is 17.5 Å². The van der Waals surface area contributed by atoms with Crippen LogP contribution in [0.25, 0.3) is 11.4 Å². The molecule has 0 saturated carbocycles. The van der Waals surface area contributed by atoms with Crippen molar-refractivity contribution in [1.82, 2.24) is 14.7 Å². The zero-order valence-electron chi connectivity index (χ0n) is 16.7. The van der Waals surface area contributed by atoms with Crippen LogP contribution in [0.15, 0.2) is 34.9 Å². The Hall–Kier alpha value is -2.38. The Morgan fingerprint density at radius 3 is 2.68 bits per heavy atom. The van der Waals surface area contributed by atoms with Gasteiger partial charge in [-0.2, -0.15) is 4.98 Å². The Morgan fingerprint density at radius 2 is 1.96 bits per heavy atom. The highest BCUT2D eigenvalue weighted by atomic mass is 32.2. The van der Waals surface area contributed by atoms with Gasteiger partial charge in [0, 0.05) is 36.2 Å². The first-order valence-corrected chi connectivity index (χ1v) is 10.3. The number of rotatable bonds is 9. The molecular formula is C21H25N3O3S. The standard InChI is InChI=1S/C21H25N3O3S/c1-14-5-7-17(8-6-14)21-22-20(27-23-21)13-28-12-19(25)18-11-15(2)24(16(18)3)9-10-26-4/h5-8,11H,9-10,12-13H2,1-4H3. The molecule has 3 rings (SSSR count). The lowest BCUT2D eigenvalue weighted by molar-refractivity contribution is 0.102. The van der Waals surface area contributed by atoms with E-state index < -0.39 is 0 Å². The molecule has 0 aliphatic carbocycles. The molecule has 0 aliphatic rings. The molecule has 0 saturated heterocycles. The van der Waals surface area contributed by atoms with E-state index in [0.717, 1.165) is 29.1 Å². The van der Waals surface area contributed by atoms with Crippen molar-refractivity contribution in [3.05, 3.63) is 58.7 Å². The van der Waals surface area contributed by atoms with Crippen molar-refractivity contribution < 1.29 is 14.1 Å². The second-order valence-corrected chi connectivity index (χ2v) is 7.71. The highest BCUT2D eigenvalue weighted by Gasteiger charge is 2.16. The minimum Gasteiger partial charge on any atom is -0.383 e. The average Bonchev–Trinajstić information content (AvgIpc) is 3.26. The number of thioether (sulfide) groups is 1. The van der Waals surface area contributed by atoms with E-state index in [9.17, 15) is 4.79 Å². The SMILES string of the molecule is COCCn1c(C)cc(C(=O)CSCc2nc(-c3ccc(C)cc3)no2)c1C. The molecule has 0 radical (unpaired) electrons. The van der Waals surface area contributed by atoms with Crippen LogP contribution in [0.4, 0.5) is 0 Å². The molecule has 6 nitrogen and oxygen atoms in total. The Bertz CT molecular complexity index is 944. The molecule has 0 atom stereocenters. The average molecular weight is 400 g/mol. The van der Waals surface area contributed by atoms with Crippen LogP contribution in [0.2, 0.25) is 0 Å². The highest BCUT2D eigenvalue weighted by Crippen LogP contribution is 2.21. The molecule has 3 aromatic rings. The number of Topliss-reactive ketones (excluding diaryl/α,β-unsaturated/α-hetero) is 1. The molecule has 0 N–H and O–H groups in total.